The lowest BCUT2D eigenvalue weighted by Gasteiger charge is -2.37. The van der Waals surface area contributed by atoms with E-state index in [2.05, 4.69) is 80.0 Å². The molecule has 0 aromatic heterocycles. The molecule has 108 valence electrons. The zero-order valence-corrected chi connectivity index (χ0v) is 13.0. The summed E-state index contributed by atoms with van der Waals surface area (Å²) in [5.41, 5.74) is 1.18. The first-order chi connectivity index (χ1) is 9.54. The fourth-order valence-corrected chi connectivity index (χ4v) is 2.45. The largest absolute Gasteiger partial charge is 0.344 e. The predicted octanol–water partition coefficient (Wildman–Crippen LogP) is 2.61. The molecule has 1 atom stereocenters. The maximum Gasteiger partial charge on any atom is 0.134 e. The highest BCUT2D eigenvalue weighted by molar-refractivity contribution is 5.82. The predicted molar refractivity (Wildman–Crippen MR) is 85.9 cm³/mol. The Morgan fingerprint density at radius 1 is 1.20 bits per heavy atom. The molecule has 2 rings (SSSR count). The Morgan fingerprint density at radius 2 is 1.85 bits per heavy atom. The second-order valence-electron chi connectivity index (χ2n) is 5.25. The first-order valence-electron chi connectivity index (χ1n) is 7.03. The fraction of sp³-hybridized carbons (Fsp3) is 0.438. The van der Waals surface area contributed by atoms with Gasteiger partial charge < -0.3 is 9.80 Å². The highest BCUT2D eigenvalue weighted by Gasteiger charge is 2.23. The maximum absolute atomic E-state index is 4.75. The Morgan fingerprint density at radius 3 is 2.40 bits per heavy atom. The zero-order chi connectivity index (χ0) is 14.7. The Balaban J connectivity index is 2.36. The molecule has 4 heteroatoms. The number of hydrogen-bond donors (Lipinski definition) is 0. The standard InChI is InChI=1S/C16H24N4/c1-6-20(14-10-8-7-9-11-14)15-12-16(18(3)4)19(5)13(2)17-15/h7-12,16H,6H2,1-5H3. The summed E-state index contributed by atoms with van der Waals surface area (Å²) in [5, 5.41) is 0. The normalized spacial score (nSPS) is 18.9. The van der Waals surface area contributed by atoms with Crippen LogP contribution in [-0.4, -0.2) is 49.5 Å². The van der Waals surface area contributed by atoms with Gasteiger partial charge in [0.15, 0.2) is 0 Å². The smallest absolute Gasteiger partial charge is 0.134 e. The van der Waals surface area contributed by atoms with E-state index in [1.54, 1.807) is 0 Å². The quantitative estimate of drug-likeness (QED) is 0.841. The summed E-state index contributed by atoms with van der Waals surface area (Å²) < 4.78 is 0. The first kappa shape index (κ1) is 14.6. The van der Waals surface area contributed by atoms with Crippen molar-refractivity contribution in [3.05, 3.63) is 42.2 Å². The molecule has 1 aliphatic heterocycles. The van der Waals surface area contributed by atoms with Crippen molar-refractivity contribution in [3.63, 3.8) is 0 Å². The third-order valence-electron chi connectivity index (χ3n) is 3.67. The highest BCUT2D eigenvalue weighted by atomic mass is 15.4. The molecule has 0 radical (unpaired) electrons. The van der Waals surface area contributed by atoms with Crippen LogP contribution < -0.4 is 4.90 Å². The number of anilines is 1. The Kier molecular flexibility index (Phi) is 4.45. The molecule has 1 aliphatic rings. The van der Waals surface area contributed by atoms with Gasteiger partial charge in [0, 0.05) is 19.3 Å². The van der Waals surface area contributed by atoms with Crippen LogP contribution in [0, 0.1) is 0 Å². The monoisotopic (exact) mass is 272 g/mol. The fourth-order valence-electron chi connectivity index (χ4n) is 2.45. The van der Waals surface area contributed by atoms with Gasteiger partial charge in [0.1, 0.15) is 17.8 Å². The van der Waals surface area contributed by atoms with Gasteiger partial charge in [-0.05, 0) is 46.2 Å². The number of hydrogen-bond acceptors (Lipinski definition) is 4. The van der Waals surface area contributed by atoms with E-state index in [0.717, 1.165) is 18.2 Å². The van der Waals surface area contributed by atoms with E-state index < -0.39 is 0 Å². The van der Waals surface area contributed by atoms with Crippen molar-refractivity contribution in [2.75, 3.05) is 32.6 Å². The minimum Gasteiger partial charge on any atom is -0.344 e. The van der Waals surface area contributed by atoms with Crippen LogP contribution in [0.15, 0.2) is 47.2 Å². The summed E-state index contributed by atoms with van der Waals surface area (Å²) >= 11 is 0. The van der Waals surface area contributed by atoms with Crippen LogP contribution in [0.1, 0.15) is 13.8 Å². The number of para-hydroxylation sites is 1. The van der Waals surface area contributed by atoms with E-state index in [0.29, 0.717) is 0 Å². The topological polar surface area (TPSA) is 22.1 Å². The highest BCUT2D eigenvalue weighted by Crippen LogP contribution is 2.23. The summed E-state index contributed by atoms with van der Waals surface area (Å²) in [7, 11) is 6.26. The molecule has 0 aliphatic carbocycles. The van der Waals surface area contributed by atoms with Crippen LogP contribution in [0.25, 0.3) is 0 Å². The minimum atomic E-state index is 0.236. The number of aliphatic imine (C=N–C) groups is 1. The van der Waals surface area contributed by atoms with Crippen molar-refractivity contribution in [2.24, 2.45) is 4.99 Å². The number of amidine groups is 1. The van der Waals surface area contributed by atoms with E-state index in [-0.39, 0.29) is 6.17 Å². The van der Waals surface area contributed by atoms with Crippen LogP contribution in [0.5, 0.6) is 0 Å². The molecular formula is C16H24N4. The minimum absolute atomic E-state index is 0.236. The van der Waals surface area contributed by atoms with Gasteiger partial charge in [-0.2, -0.15) is 0 Å². The van der Waals surface area contributed by atoms with Crippen molar-refractivity contribution in [3.8, 4) is 0 Å². The van der Waals surface area contributed by atoms with Gasteiger partial charge in [0.2, 0.25) is 0 Å². The van der Waals surface area contributed by atoms with Crippen LogP contribution in [-0.2, 0) is 0 Å². The molecule has 0 saturated heterocycles. The number of likely N-dealkylation sites (N-methyl/N-ethyl adjacent to an activating group) is 2. The van der Waals surface area contributed by atoms with Gasteiger partial charge >= 0.3 is 0 Å². The Labute approximate surface area is 122 Å². The number of nitrogens with zero attached hydrogens (tertiary/aromatic N) is 4. The number of benzene rings is 1. The van der Waals surface area contributed by atoms with Gasteiger partial charge in [-0.15, -0.1) is 0 Å². The van der Waals surface area contributed by atoms with Crippen molar-refractivity contribution in [2.45, 2.75) is 20.0 Å². The molecule has 1 unspecified atom stereocenters. The van der Waals surface area contributed by atoms with E-state index in [4.69, 9.17) is 4.99 Å². The molecule has 0 N–H and O–H groups in total. The molecule has 0 bridgehead atoms. The van der Waals surface area contributed by atoms with E-state index >= 15 is 0 Å². The van der Waals surface area contributed by atoms with Gasteiger partial charge in [0.05, 0.1) is 0 Å². The summed E-state index contributed by atoms with van der Waals surface area (Å²) in [6.07, 6.45) is 2.45. The van der Waals surface area contributed by atoms with Crippen LogP contribution >= 0.6 is 0 Å². The van der Waals surface area contributed by atoms with E-state index in [1.807, 2.05) is 6.07 Å². The average molecular weight is 272 g/mol. The van der Waals surface area contributed by atoms with Gasteiger partial charge in [0.25, 0.3) is 0 Å². The molecule has 0 fully saturated rings. The molecule has 4 nitrogen and oxygen atoms in total. The van der Waals surface area contributed by atoms with Crippen molar-refractivity contribution >= 4 is 11.5 Å². The Hall–Kier alpha value is -1.81. The molecular weight excluding hydrogens is 248 g/mol. The summed E-state index contributed by atoms with van der Waals surface area (Å²) in [6, 6.07) is 10.4. The molecule has 0 spiro atoms. The Bertz CT molecular complexity index is 504. The summed E-state index contributed by atoms with van der Waals surface area (Å²) in [5.74, 6) is 2.06. The first-order valence-corrected chi connectivity index (χ1v) is 7.03. The molecule has 0 amide bonds. The maximum atomic E-state index is 4.75. The van der Waals surface area contributed by atoms with Crippen LogP contribution in [0.4, 0.5) is 5.69 Å². The molecule has 1 aromatic rings. The van der Waals surface area contributed by atoms with Crippen LogP contribution in [0.3, 0.4) is 0 Å². The van der Waals surface area contributed by atoms with E-state index in [1.165, 1.54) is 5.69 Å². The molecule has 1 aromatic carbocycles. The zero-order valence-electron chi connectivity index (χ0n) is 13.0. The summed E-state index contributed by atoms with van der Waals surface area (Å²) in [4.78, 5) is 11.4. The lowest BCUT2D eigenvalue weighted by molar-refractivity contribution is 0.208. The van der Waals surface area contributed by atoms with E-state index in [9.17, 15) is 0 Å². The number of rotatable bonds is 4. The van der Waals surface area contributed by atoms with Crippen molar-refractivity contribution in [1.29, 1.82) is 0 Å². The van der Waals surface area contributed by atoms with Crippen LogP contribution in [0.2, 0.25) is 0 Å². The molecule has 1 heterocycles. The molecule has 20 heavy (non-hydrogen) atoms. The van der Waals surface area contributed by atoms with Crippen molar-refractivity contribution < 1.29 is 0 Å². The SMILES string of the molecule is CCN(C1=CC(N(C)C)N(C)C(C)=N1)c1ccccc1. The third-order valence-corrected chi connectivity index (χ3v) is 3.67. The second kappa shape index (κ2) is 6.09. The third kappa shape index (κ3) is 2.85. The molecule has 0 saturated carbocycles. The van der Waals surface area contributed by atoms with Gasteiger partial charge in [-0.1, -0.05) is 18.2 Å². The van der Waals surface area contributed by atoms with Crippen molar-refractivity contribution in [1.82, 2.24) is 9.80 Å². The lowest BCUT2D eigenvalue weighted by atomic mass is 10.2. The second-order valence-corrected chi connectivity index (χ2v) is 5.25. The lowest BCUT2D eigenvalue weighted by Crippen LogP contribution is -2.47. The average Bonchev–Trinajstić information content (AvgIpc) is 2.44. The summed E-state index contributed by atoms with van der Waals surface area (Å²) in [6.45, 7) is 5.11. The van der Waals surface area contributed by atoms with Gasteiger partial charge in [-0.25, -0.2) is 4.99 Å². The van der Waals surface area contributed by atoms with Gasteiger partial charge in [-0.3, -0.25) is 4.90 Å².